The van der Waals surface area contributed by atoms with Crippen LogP contribution in [-0.4, -0.2) is 16.0 Å². The van der Waals surface area contributed by atoms with Crippen LogP contribution in [0.5, 0.6) is 0 Å². The molecule has 2 N–H and O–H groups in total. The summed E-state index contributed by atoms with van der Waals surface area (Å²) >= 11 is 1.57. The summed E-state index contributed by atoms with van der Waals surface area (Å²) in [6.07, 6.45) is 1.70. The molecule has 22 heavy (non-hydrogen) atoms. The molecular formula is C15H22N4O2S. The van der Waals surface area contributed by atoms with E-state index in [0.717, 1.165) is 16.5 Å². The number of rotatable bonds is 4. The molecule has 0 radical (unpaired) electrons. The largest absolute Gasteiger partial charge is 0.443 e. The lowest BCUT2D eigenvalue weighted by molar-refractivity contribution is 0.235. The summed E-state index contributed by atoms with van der Waals surface area (Å²) in [7, 11) is 0. The first-order valence-electron chi connectivity index (χ1n) is 7.17. The molecule has 2 aromatic rings. The standard InChI is InChI=1S/C15H22N4O2S/c1-9(11-8-22-10(2)19-11)18-14(20)17-7-13-16-6-12(21-13)15(3,4)5/h6,8-9H,7H2,1-5H3,(H2,17,18,20). The third-order valence-corrected chi connectivity index (χ3v) is 3.91. The predicted molar refractivity (Wildman–Crippen MR) is 85.8 cm³/mol. The Kier molecular flexibility index (Phi) is 4.85. The van der Waals surface area contributed by atoms with Gasteiger partial charge >= 0.3 is 6.03 Å². The number of carbonyl (C=O) groups is 1. The summed E-state index contributed by atoms with van der Waals surface area (Å²) in [5.41, 5.74) is 0.772. The predicted octanol–water partition coefficient (Wildman–Crippen LogP) is 3.30. The maximum absolute atomic E-state index is 11.9. The van der Waals surface area contributed by atoms with Crippen molar-refractivity contribution >= 4 is 17.4 Å². The normalized spacial score (nSPS) is 13.0. The number of nitrogens with zero attached hydrogens (tertiary/aromatic N) is 2. The molecule has 2 rings (SSSR count). The molecule has 1 atom stereocenters. The minimum absolute atomic E-state index is 0.0928. The fraction of sp³-hybridized carbons (Fsp3) is 0.533. The summed E-state index contributed by atoms with van der Waals surface area (Å²) in [6.45, 7) is 10.2. The van der Waals surface area contributed by atoms with E-state index in [1.807, 2.05) is 19.2 Å². The average molecular weight is 322 g/mol. The van der Waals surface area contributed by atoms with Gasteiger partial charge in [0.05, 0.1) is 29.5 Å². The van der Waals surface area contributed by atoms with Gasteiger partial charge in [0.1, 0.15) is 5.76 Å². The molecule has 0 saturated heterocycles. The van der Waals surface area contributed by atoms with E-state index in [9.17, 15) is 4.79 Å². The number of nitrogens with one attached hydrogen (secondary N) is 2. The fourth-order valence-electron chi connectivity index (χ4n) is 1.80. The molecule has 2 amide bonds. The van der Waals surface area contributed by atoms with Crippen LogP contribution in [0.25, 0.3) is 0 Å². The van der Waals surface area contributed by atoms with Crippen LogP contribution in [0, 0.1) is 6.92 Å². The second-order valence-electron chi connectivity index (χ2n) is 6.21. The Morgan fingerprint density at radius 3 is 2.73 bits per heavy atom. The molecular weight excluding hydrogens is 300 g/mol. The maximum Gasteiger partial charge on any atom is 0.315 e. The molecule has 0 aromatic carbocycles. The fourth-order valence-corrected chi connectivity index (χ4v) is 2.50. The van der Waals surface area contributed by atoms with Gasteiger partial charge in [0.15, 0.2) is 0 Å². The summed E-state index contributed by atoms with van der Waals surface area (Å²) in [5.74, 6) is 1.30. The van der Waals surface area contributed by atoms with E-state index < -0.39 is 0 Å². The summed E-state index contributed by atoms with van der Waals surface area (Å²) in [5, 5.41) is 8.52. The SMILES string of the molecule is Cc1nc(C(C)NC(=O)NCc2ncc(C(C)(C)C)o2)cs1. The molecule has 6 nitrogen and oxygen atoms in total. The topological polar surface area (TPSA) is 80.0 Å². The van der Waals surface area contributed by atoms with Crippen LogP contribution in [0.2, 0.25) is 0 Å². The van der Waals surface area contributed by atoms with Crippen molar-refractivity contribution in [2.24, 2.45) is 0 Å². The number of thiazole rings is 1. The lowest BCUT2D eigenvalue weighted by Gasteiger charge is -2.13. The number of hydrogen-bond donors (Lipinski definition) is 2. The zero-order valence-corrected chi connectivity index (χ0v) is 14.4. The van der Waals surface area contributed by atoms with E-state index in [1.165, 1.54) is 0 Å². The minimum atomic E-state index is -0.270. The average Bonchev–Trinajstić information content (AvgIpc) is 3.04. The molecule has 0 aliphatic rings. The Morgan fingerprint density at radius 2 is 2.18 bits per heavy atom. The molecule has 0 aliphatic carbocycles. The van der Waals surface area contributed by atoms with Crippen molar-refractivity contribution in [2.75, 3.05) is 0 Å². The first kappa shape index (κ1) is 16.5. The molecule has 1 unspecified atom stereocenters. The lowest BCUT2D eigenvalue weighted by Crippen LogP contribution is -2.36. The Balaban J connectivity index is 1.84. The summed E-state index contributed by atoms with van der Waals surface area (Å²) < 4.78 is 5.63. The zero-order valence-electron chi connectivity index (χ0n) is 13.6. The Bertz CT molecular complexity index is 642. The monoisotopic (exact) mass is 322 g/mol. The van der Waals surface area contributed by atoms with Crippen LogP contribution >= 0.6 is 11.3 Å². The number of hydrogen-bond acceptors (Lipinski definition) is 5. The van der Waals surface area contributed by atoms with Crippen LogP contribution in [0.15, 0.2) is 16.0 Å². The van der Waals surface area contributed by atoms with Crippen molar-refractivity contribution in [2.45, 2.75) is 52.6 Å². The van der Waals surface area contributed by atoms with E-state index in [0.29, 0.717) is 5.89 Å². The van der Waals surface area contributed by atoms with Gasteiger partial charge in [0.25, 0.3) is 0 Å². The van der Waals surface area contributed by atoms with Crippen molar-refractivity contribution in [1.29, 1.82) is 0 Å². The first-order chi connectivity index (χ1) is 10.3. The highest BCUT2D eigenvalue weighted by Gasteiger charge is 2.19. The number of aryl methyl sites for hydroxylation is 1. The van der Waals surface area contributed by atoms with Crippen LogP contribution in [0.3, 0.4) is 0 Å². The van der Waals surface area contributed by atoms with Crippen LogP contribution < -0.4 is 10.6 Å². The maximum atomic E-state index is 11.9. The molecule has 2 heterocycles. The number of amides is 2. The van der Waals surface area contributed by atoms with Crippen LogP contribution in [-0.2, 0) is 12.0 Å². The highest BCUT2D eigenvalue weighted by atomic mass is 32.1. The van der Waals surface area contributed by atoms with Gasteiger partial charge in [-0.15, -0.1) is 11.3 Å². The molecule has 2 aromatic heterocycles. The minimum Gasteiger partial charge on any atom is -0.443 e. The van der Waals surface area contributed by atoms with Gasteiger partial charge in [-0.3, -0.25) is 0 Å². The van der Waals surface area contributed by atoms with E-state index in [4.69, 9.17) is 4.42 Å². The van der Waals surface area contributed by atoms with Gasteiger partial charge < -0.3 is 15.1 Å². The molecule has 0 aliphatic heterocycles. The Hall–Kier alpha value is -1.89. The second-order valence-corrected chi connectivity index (χ2v) is 7.27. The van der Waals surface area contributed by atoms with Gasteiger partial charge in [0.2, 0.25) is 5.89 Å². The Labute approximate surface area is 134 Å². The second kappa shape index (κ2) is 6.48. The van der Waals surface area contributed by atoms with Crippen molar-refractivity contribution in [3.63, 3.8) is 0 Å². The van der Waals surface area contributed by atoms with Crippen LogP contribution in [0.4, 0.5) is 4.79 Å². The highest BCUT2D eigenvalue weighted by molar-refractivity contribution is 7.09. The smallest absolute Gasteiger partial charge is 0.315 e. The summed E-state index contributed by atoms with van der Waals surface area (Å²) in [6, 6.07) is -0.409. The molecule has 0 saturated carbocycles. The van der Waals surface area contributed by atoms with Gasteiger partial charge in [0, 0.05) is 10.8 Å². The van der Waals surface area contributed by atoms with Gasteiger partial charge in [-0.25, -0.2) is 14.8 Å². The van der Waals surface area contributed by atoms with E-state index in [1.54, 1.807) is 17.5 Å². The quantitative estimate of drug-likeness (QED) is 0.905. The molecule has 7 heteroatoms. The Morgan fingerprint density at radius 1 is 1.45 bits per heavy atom. The molecule has 0 fully saturated rings. The van der Waals surface area contributed by atoms with E-state index in [2.05, 4.69) is 41.4 Å². The van der Waals surface area contributed by atoms with Crippen molar-refractivity contribution in [3.05, 3.63) is 33.9 Å². The van der Waals surface area contributed by atoms with Crippen molar-refractivity contribution in [3.8, 4) is 0 Å². The van der Waals surface area contributed by atoms with Gasteiger partial charge in [-0.2, -0.15) is 0 Å². The van der Waals surface area contributed by atoms with Crippen molar-refractivity contribution < 1.29 is 9.21 Å². The molecule has 0 bridgehead atoms. The molecule has 0 spiro atoms. The van der Waals surface area contributed by atoms with Gasteiger partial charge in [-0.1, -0.05) is 20.8 Å². The number of oxazole rings is 1. The van der Waals surface area contributed by atoms with E-state index in [-0.39, 0.29) is 24.0 Å². The number of urea groups is 1. The third kappa shape index (κ3) is 4.30. The number of carbonyl (C=O) groups excluding carboxylic acids is 1. The first-order valence-corrected chi connectivity index (χ1v) is 8.05. The lowest BCUT2D eigenvalue weighted by atomic mass is 9.94. The van der Waals surface area contributed by atoms with Gasteiger partial charge in [-0.05, 0) is 13.8 Å². The summed E-state index contributed by atoms with van der Waals surface area (Å²) in [4.78, 5) is 20.4. The van der Waals surface area contributed by atoms with E-state index >= 15 is 0 Å². The van der Waals surface area contributed by atoms with Crippen LogP contribution in [0.1, 0.15) is 56.1 Å². The number of aromatic nitrogens is 2. The van der Waals surface area contributed by atoms with Crippen molar-refractivity contribution in [1.82, 2.24) is 20.6 Å². The molecule has 120 valence electrons. The third-order valence-electron chi connectivity index (χ3n) is 3.12. The zero-order chi connectivity index (χ0) is 16.3. The highest BCUT2D eigenvalue weighted by Crippen LogP contribution is 2.22.